The molecular weight excluding hydrogens is 226 g/mol. The average molecular weight is 244 g/mol. The van der Waals surface area contributed by atoms with Gasteiger partial charge in [-0.15, -0.1) is 0 Å². The fraction of sp³-hybridized carbons (Fsp3) is 0.538. The van der Waals surface area contributed by atoms with E-state index < -0.39 is 17.2 Å². The van der Waals surface area contributed by atoms with Crippen molar-refractivity contribution in [3.63, 3.8) is 0 Å². The first-order valence-corrected chi connectivity index (χ1v) is 5.55. The van der Waals surface area contributed by atoms with Gasteiger partial charge in [0.05, 0.1) is 5.60 Å². The molecule has 2 nitrogen and oxygen atoms in total. The van der Waals surface area contributed by atoms with Gasteiger partial charge in [-0.05, 0) is 19.8 Å². The van der Waals surface area contributed by atoms with Gasteiger partial charge in [0.1, 0.15) is 24.0 Å². The van der Waals surface area contributed by atoms with Crippen LogP contribution in [0.5, 0.6) is 5.75 Å². The molecule has 0 radical (unpaired) electrons. The lowest BCUT2D eigenvalue weighted by Gasteiger charge is -2.21. The van der Waals surface area contributed by atoms with Gasteiger partial charge in [0.15, 0.2) is 0 Å². The second kappa shape index (κ2) is 5.00. The molecule has 0 spiro atoms. The van der Waals surface area contributed by atoms with Gasteiger partial charge in [0, 0.05) is 17.7 Å². The SMILES string of the molecule is CC(C)c1c(F)cc(F)cc1OCC(C)(C)O. The smallest absolute Gasteiger partial charge is 0.133 e. The summed E-state index contributed by atoms with van der Waals surface area (Å²) >= 11 is 0. The van der Waals surface area contributed by atoms with Gasteiger partial charge in [0.2, 0.25) is 0 Å². The van der Waals surface area contributed by atoms with Crippen LogP contribution in [0, 0.1) is 11.6 Å². The van der Waals surface area contributed by atoms with Crippen molar-refractivity contribution in [2.45, 2.75) is 39.2 Å². The van der Waals surface area contributed by atoms with Crippen molar-refractivity contribution in [2.75, 3.05) is 6.61 Å². The first-order chi connectivity index (χ1) is 7.70. The Hall–Kier alpha value is -1.16. The first-order valence-electron chi connectivity index (χ1n) is 5.55. The summed E-state index contributed by atoms with van der Waals surface area (Å²) in [5, 5.41) is 9.53. The van der Waals surface area contributed by atoms with Gasteiger partial charge >= 0.3 is 0 Å². The summed E-state index contributed by atoms with van der Waals surface area (Å²) in [5.74, 6) is -1.27. The number of ether oxygens (including phenoxy) is 1. The Balaban J connectivity index is 3.04. The summed E-state index contributed by atoms with van der Waals surface area (Å²) in [4.78, 5) is 0. The van der Waals surface area contributed by atoms with Crippen LogP contribution < -0.4 is 4.74 Å². The van der Waals surface area contributed by atoms with Gasteiger partial charge in [0.25, 0.3) is 0 Å². The molecule has 0 atom stereocenters. The Kier molecular flexibility index (Phi) is 4.09. The van der Waals surface area contributed by atoms with Gasteiger partial charge in [-0.25, -0.2) is 8.78 Å². The molecule has 1 rings (SSSR count). The van der Waals surface area contributed by atoms with Crippen LogP contribution in [0.3, 0.4) is 0 Å². The van der Waals surface area contributed by atoms with Crippen LogP contribution in [-0.4, -0.2) is 17.3 Å². The Morgan fingerprint density at radius 2 is 1.88 bits per heavy atom. The van der Waals surface area contributed by atoms with Crippen LogP contribution in [0.2, 0.25) is 0 Å². The molecule has 0 heterocycles. The lowest BCUT2D eigenvalue weighted by molar-refractivity contribution is 0.0278. The fourth-order valence-electron chi connectivity index (χ4n) is 1.50. The second-order valence-electron chi connectivity index (χ2n) is 5.06. The molecule has 96 valence electrons. The standard InChI is InChI=1S/C13H18F2O2/c1-8(2)12-10(15)5-9(14)6-11(12)17-7-13(3,4)16/h5-6,8,16H,7H2,1-4H3. The third-order valence-corrected chi connectivity index (χ3v) is 2.21. The Morgan fingerprint density at radius 3 is 2.35 bits per heavy atom. The van der Waals surface area contributed by atoms with Crippen molar-refractivity contribution in [2.24, 2.45) is 0 Å². The molecular formula is C13H18F2O2. The normalized spacial score (nSPS) is 12.0. The number of hydrogen-bond donors (Lipinski definition) is 1. The van der Waals surface area contributed by atoms with E-state index in [0.717, 1.165) is 12.1 Å². The van der Waals surface area contributed by atoms with E-state index >= 15 is 0 Å². The van der Waals surface area contributed by atoms with Crippen LogP contribution in [0.25, 0.3) is 0 Å². The molecule has 0 aliphatic carbocycles. The molecule has 0 fully saturated rings. The zero-order valence-electron chi connectivity index (χ0n) is 10.6. The second-order valence-corrected chi connectivity index (χ2v) is 5.06. The molecule has 0 aliphatic heterocycles. The minimum absolute atomic E-state index is 0.0182. The lowest BCUT2D eigenvalue weighted by Crippen LogP contribution is -2.28. The average Bonchev–Trinajstić information content (AvgIpc) is 2.11. The van der Waals surface area contributed by atoms with E-state index in [-0.39, 0.29) is 18.3 Å². The molecule has 4 heteroatoms. The lowest BCUT2D eigenvalue weighted by atomic mass is 10.0. The van der Waals surface area contributed by atoms with E-state index in [0.29, 0.717) is 5.56 Å². The van der Waals surface area contributed by atoms with Crippen LogP contribution in [0.4, 0.5) is 8.78 Å². The van der Waals surface area contributed by atoms with Crippen molar-refractivity contribution in [3.8, 4) is 5.75 Å². The van der Waals surface area contributed by atoms with Gasteiger partial charge in [-0.3, -0.25) is 0 Å². The van der Waals surface area contributed by atoms with Crippen molar-refractivity contribution < 1.29 is 18.6 Å². The summed E-state index contributed by atoms with van der Waals surface area (Å²) in [7, 11) is 0. The summed E-state index contributed by atoms with van der Waals surface area (Å²) in [6, 6.07) is 1.98. The Labute approximate surface area is 100 Å². The van der Waals surface area contributed by atoms with Crippen molar-refractivity contribution >= 4 is 0 Å². The highest BCUT2D eigenvalue weighted by Gasteiger charge is 2.19. The zero-order valence-corrected chi connectivity index (χ0v) is 10.6. The summed E-state index contributed by atoms with van der Waals surface area (Å²) in [5.41, 5.74) is -0.715. The number of benzene rings is 1. The van der Waals surface area contributed by atoms with Crippen LogP contribution in [0.15, 0.2) is 12.1 Å². The highest BCUT2D eigenvalue weighted by Crippen LogP contribution is 2.30. The number of hydrogen-bond acceptors (Lipinski definition) is 2. The molecule has 1 aromatic rings. The van der Waals surface area contributed by atoms with E-state index in [1.807, 2.05) is 0 Å². The molecule has 1 N–H and O–H groups in total. The van der Waals surface area contributed by atoms with Crippen molar-refractivity contribution in [1.82, 2.24) is 0 Å². The summed E-state index contributed by atoms with van der Waals surface area (Å²) in [6.45, 7) is 6.71. The van der Waals surface area contributed by atoms with Gasteiger partial charge < -0.3 is 9.84 Å². The van der Waals surface area contributed by atoms with Gasteiger partial charge in [-0.2, -0.15) is 0 Å². The topological polar surface area (TPSA) is 29.5 Å². The van der Waals surface area contributed by atoms with Crippen molar-refractivity contribution in [3.05, 3.63) is 29.3 Å². The Bertz CT molecular complexity index is 395. The first kappa shape index (κ1) is 13.9. The molecule has 0 aromatic heterocycles. The highest BCUT2D eigenvalue weighted by molar-refractivity contribution is 5.37. The maximum atomic E-state index is 13.6. The fourth-order valence-corrected chi connectivity index (χ4v) is 1.50. The molecule has 0 aliphatic rings. The molecule has 0 bridgehead atoms. The van der Waals surface area contributed by atoms with Crippen LogP contribution in [-0.2, 0) is 0 Å². The maximum absolute atomic E-state index is 13.6. The predicted octanol–water partition coefficient (Wildman–Crippen LogP) is 3.24. The van der Waals surface area contributed by atoms with Gasteiger partial charge in [-0.1, -0.05) is 13.8 Å². The van der Waals surface area contributed by atoms with E-state index in [4.69, 9.17) is 4.74 Å². The van der Waals surface area contributed by atoms with Crippen LogP contribution >= 0.6 is 0 Å². The maximum Gasteiger partial charge on any atom is 0.133 e. The largest absolute Gasteiger partial charge is 0.490 e. The minimum atomic E-state index is -1.04. The number of aliphatic hydroxyl groups is 1. The number of rotatable bonds is 4. The monoisotopic (exact) mass is 244 g/mol. The molecule has 17 heavy (non-hydrogen) atoms. The van der Waals surface area contributed by atoms with Crippen molar-refractivity contribution in [1.29, 1.82) is 0 Å². The summed E-state index contributed by atoms with van der Waals surface area (Å²) < 4.78 is 32.0. The molecule has 0 amide bonds. The predicted molar refractivity (Wildman–Crippen MR) is 62.2 cm³/mol. The third kappa shape index (κ3) is 3.97. The van der Waals surface area contributed by atoms with E-state index in [1.54, 1.807) is 27.7 Å². The highest BCUT2D eigenvalue weighted by atomic mass is 19.1. The zero-order chi connectivity index (χ0) is 13.2. The minimum Gasteiger partial charge on any atom is -0.490 e. The molecule has 1 aromatic carbocycles. The summed E-state index contributed by atoms with van der Waals surface area (Å²) in [6.07, 6.45) is 0. The van der Waals surface area contributed by atoms with E-state index in [1.165, 1.54) is 0 Å². The molecule has 0 saturated heterocycles. The van der Waals surface area contributed by atoms with E-state index in [9.17, 15) is 13.9 Å². The van der Waals surface area contributed by atoms with E-state index in [2.05, 4.69) is 0 Å². The molecule has 0 unspecified atom stereocenters. The number of halogens is 2. The quantitative estimate of drug-likeness (QED) is 0.881. The van der Waals surface area contributed by atoms with Crippen LogP contribution in [0.1, 0.15) is 39.2 Å². The third-order valence-electron chi connectivity index (χ3n) is 2.21. The molecule has 0 saturated carbocycles. The Morgan fingerprint density at radius 1 is 1.29 bits per heavy atom.